The molecule has 2 amide bonds. The standard InChI is InChI=1S/C33H36N6O4S2/c1-23-9-8-12-28(24(23)2)39-30(35-36-33(39)44-22-31(40)38-20-17-25-10-4-5-11-29(25)38)21-34-32(41)26-13-15-27(16-14-26)45(42,43)37-18-6-3-7-19-37/h4-5,8-16H,3,6-7,17-22H2,1-2H3,(H,34,41). The molecule has 12 heteroatoms. The van der Waals surface area contributed by atoms with Crippen LogP contribution in [0.3, 0.4) is 0 Å². The monoisotopic (exact) mass is 644 g/mol. The third kappa shape index (κ3) is 6.40. The molecule has 0 radical (unpaired) electrons. The number of benzene rings is 3. The molecule has 10 nitrogen and oxygen atoms in total. The van der Waals surface area contributed by atoms with E-state index in [1.54, 1.807) is 0 Å². The Labute approximate surface area is 267 Å². The van der Waals surface area contributed by atoms with Crippen LogP contribution < -0.4 is 10.2 Å². The molecule has 2 aliphatic heterocycles. The average molecular weight is 645 g/mol. The molecule has 1 saturated heterocycles. The van der Waals surface area contributed by atoms with Gasteiger partial charge in [0, 0.05) is 30.9 Å². The van der Waals surface area contributed by atoms with Gasteiger partial charge in [0.25, 0.3) is 5.91 Å². The van der Waals surface area contributed by atoms with Gasteiger partial charge in [0.15, 0.2) is 11.0 Å². The van der Waals surface area contributed by atoms with Crippen molar-refractivity contribution in [1.82, 2.24) is 24.4 Å². The van der Waals surface area contributed by atoms with E-state index in [9.17, 15) is 18.0 Å². The number of hydrogen-bond donors (Lipinski definition) is 1. The molecule has 4 aromatic rings. The van der Waals surface area contributed by atoms with Crippen LogP contribution in [0.2, 0.25) is 0 Å². The molecular formula is C33H36N6O4S2. The number of fused-ring (bicyclic) bond motifs is 1. The summed E-state index contributed by atoms with van der Waals surface area (Å²) in [6.45, 7) is 5.83. The van der Waals surface area contributed by atoms with Crippen LogP contribution in [0, 0.1) is 13.8 Å². The summed E-state index contributed by atoms with van der Waals surface area (Å²) in [5.74, 6) is 0.351. The fourth-order valence-corrected chi connectivity index (χ4v) is 8.18. The smallest absolute Gasteiger partial charge is 0.251 e. The Balaban J connectivity index is 1.18. The Bertz CT molecular complexity index is 1830. The molecule has 1 fully saturated rings. The number of rotatable bonds is 9. The van der Waals surface area contributed by atoms with Gasteiger partial charge >= 0.3 is 0 Å². The Morgan fingerprint density at radius 2 is 1.60 bits per heavy atom. The molecule has 1 N–H and O–H groups in total. The molecule has 1 aromatic heterocycles. The molecule has 3 aromatic carbocycles. The minimum Gasteiger partial charge on any atom is -0.345 e. The van der Waals surface area contributed by atoms with E-state index in [0.29, 0.717) is 36.2 Å². The van der Waals surface area contributed by atoms with Crippen LogP contribution in [-0.2, 0) is 27.8 Å². The van der Waals surface area contributed by atoms with Crippen LogP contribution in [0.15, 0.2) is 76.8 Å². The minimum atomic E-state index is -3.58. The number of carbonyl (C=O) groups is 2. The fraction of sp³-hybridized carbons (Fsp3) is 0.333. The first-order valence-electron chi connectivity index (χ1n) is 15.1. The van der Waals surface area contributed by atoms with E-state index in [2.05, 4.69) is 21.6 Å². The first-order chi connectivity index (χ1) is 21.7. The van der Waals surface area contributed by atoms with E-state index in [1.165, 1.54) is 45.9 Å². The highest BCUT2D eigenvalue weighted by molar-refractivity contribution is 7.99. The predicted molar refractivity (Wildman–Crippen MR) is 174 cm³/mol. The summed E-state index contributed by atoms with van der Waals surface area (Å²) in [5.41, 5.74) is 5.48. The highest BCUT2D eigenvalue weighted by Crippen LogP contribution is 2.30. The van der Waals surface area contributed by atoms with Crippen LogP contribution in [0.25, 0.3) is 5.69 Å². The zero-order valence-electron chi connectivity index (χ0n) is 25.4. The number of sulfonamides is 1. The van der Waals surface area contributed by atoms with Crippen molar-refractivity contribution in [2.45, 2.75) is 56.1 Å². The SMILES string of the molecule is Cc1cccc(-n2c(CNC(=O)c3ccc(S(=O)(=O)N4CCCCC4)cc3)nnc2SCC(=O)N2CCc3ccccc32)c1C. The second kappa shape index (κ2) is 13.2. The van der Waals surface area contributed by atoms with Crippen molar-refractivity contribution in [1.29, 1.82) is 0 Å². The number of para-hydroxylation sites is 1. The minimum absolute atomic E-state index is 0.000986. The molecule has 0 unspecified atom stereocenters. The number of amides is 2. The number of piperidine rings is 1. The summed E-state index contributed by atoms with van der Waals surface area (Å²) < 4.78 is 29.4. The lowest BCUT2D eigenvalue weighted by atomic mass is 10.1. The first-order valence-corrected chi connectivity index (χ1v) is 17.6. The van der Waals surface area contributed by atoms with Gasteiger partial charge in [-0.1, -0.05) is 48.5 Å². The van der Waals surface area contributed by atoms with Crippen LogP contribution in [0.4, 0.5) is 5.69 Å². The maximum absolute atomic E-state index is 13.3. The number of anilines is 1. The molecule has 6 rings (SSSR count). The van der Waals surface area contributed by atoms with Crippen molar-refractivity contribution < 1.29 is 18.0 Å². The van der Waals surface area contributed by atoms with Crippen molar-refractivity contribution in [3.63, 3.8) is 0 Å². The van der Waals surface area contributed by atoms with Gasteiger partial charge in [0.05, 0.1) is 22.9 Å². The largest absolute Gasteiger partial charge is 0.345 e. The van der Waals surface area contributed by atoms with Crippen LogP contribution in [-0.4, -0.2) is 64.7 Å². The van der Waals surface area contributed by atoms with E-state index in [4.69, 9.17) is 0 Å². The highest BCUT2D eigenvalue weighted by Gasteiger charge is 2.27. The van der Waals surface area contributed by atoms with E-state index in [0.717, 1.165) is 48.2 Å². The number of aryl methyl sites for hydroxylation is 1. The molecule has 234 valence electrons. The van der Waals surface area contributed by atoms with E-state index >= 15 is 0 Å². The van der Waals surface area contributed by atoms with Crippen molar-refractivity contribution >= 4 is 39.3 Å². The summed E-state index contributed by atoms with van der Waals surface area (Å²) in [4.78, 5) is 28.4. The number of nitrogens with one attached hydrogen (secondary N) is 1. The van der Waals surface area contributed by atoms with Gasteiger partial charge in [0.2, 0.25) is 15.9 Å². The third-order valence-electron chi connectivity index (χ3n) is 8.51. The fourth-order valence-electron chi connectivity index (χ4n) is 5.82. The van der Waals surface area contributed by atoms with Crippen LogP contribution in [0.5, 0.6) is 0 Å². The lowest BCUT2D eigenvalue weighted by molar-refractivity contribution is -0.116. The first kappa shape index (κ1) is 31.0. The normalized spacial score (nSPS) is 15.2. The summed E-state index contributed by atoms with van der Waals surface area (Å²) in [6.07, 6.45) is 3.59. The van der Waals surface area contributed by atoms with Gasteiger partial charge in [-0.2, -0.15) is 4.31 Å². The Morgan fingerprint density at radius 1 is 0.867 bits per heavy atom. The Morgan fingerprint density at radius 3 is 2.38 bits per heavy atom. The second-order valence-corrected chi connectivity index (χ2v) is 14.2. The lowest BCUT2D eigenvalue weighted by Gasteiger charge is -2.25. The Kier molecular flexibility index (Phi) is 9.06. The van der Waals surface area contributed by atoms with E-state index < -0.39 is 10.0 Å². The molecule has 45 heavy (non-hydrogen) atoms. The number of thioether (sulfide) groups is 1. The summed E-state index contributed by atoms with van der Waals surface area (Å²) in [7, 11) is -3.58. The number of hydrogen-bond acceptors (Lipinski definition) is 7. The summed E-state index contributed by atoms with van der Waals surface area (Å²) >= 11 is 1.32. The molecule has 0 atom stereocenters. The maximum atomic E-state index is 13.3. The summed E-state index contributed by atoms with van der Waals surface area (Å²) in [6, 6.07) is 20.0. The van der Waals surface area contributed by atoms with Gasteiger partial charge in [-0.05, 0) is 86.2 Å². The highest BCUT2D eigenvalue weighted by atomic mass is 32.2. The topological polar surface area (TPSA) is 117 Å². The van der Waals surface area contributed by atoms with Gasteiger partial charge in [-0.3, -0.25) is 14.2 Å². The van der Waals surface area contributed by atoms with Gasteiger partial charge in [0.1, 0.15) is 0 Å². The van der Waals surface area contributed by atoms with Gasteiger partial charge < -0.3 is 10.2 Å². The predicted octanol–water partition coefficient (Wildman–Crippen LogP) is 4.67. The Hall–Kier alpha value is -4.00. The zero-order chi connectivity index (χ0) is 31.6. The molecule has 0 bridgehead atoms. The van der Waals surface area contributed by atoms with Crippen molar-refractivity contribution in [3.8, 4) is 5.69 Å². The molecule has 0 spiro atoms. The van der Waals surface area contributed by atoms with Crippen molar-refractivity contribution in [2.24, 2.45) is 0 Å². The van der Waals surface area contributed by atoms with Crippen molar-refractivity contribution in [3.05, 3.63) is 94.8 Å². The van der Waals surface area contributed by atoms with Gasteiger partial charge in [-0.25, -0.2) is 8.42 Å². The lowest BCUT2D eigenvalue weighted by Crippen LogP contribution is -2.35. The summed E-state index contributed by atoms with van der Waals surface area (Å²) in [5, 5.41) is 12.3. The zero-order valence-corrected chi connectivity index (χ0v) is 27.0. The molecule has 0 saturated carbocycles. The van der Waals surface area contributed by atoms with Crippen LogP contribution >= 0.6 is 11.8 Å². The van der Waals surface area contributed by atoms with Gasteiger partial charge in [-0.15, -0.1) is 10.2 Å². The van der Waals surface area contributed by atoms with Crippen LogP contribution in [0.1, 0.15) is 52.1 Å². The third-order valence-corrected chi connectivity index (χ3v) is 11.3. The average Bonchev–Trinajstić information content (AvgIpc) is 3.68. The maximum Gasteiger partial charge on any atom is 0.251 e. The molecule has 3 heterocycles. The number of aromatic nitrogens is 3. The quantitative estimate of drug-likeness (QED) is 0.263. The molecular weight excluding hydrogens is 609 g/mol. The molecule has 0 aliphatic carbocycles. The number of carbonyl (C=O) groups excluding carboxylic acids is 2. The van der Waals surface area contributed by atoms with E-state index in [1.807, 2.05) is 59.7 Å². The molecule has 2 aliphatic rings. The van der Waals surface area contributed by atoms with E-state index in [-0.39, 0.29) is 29.0 Å². The van der Waals surface area contributed by atoms with Crippen molar-refractivity contribution in [2.75, 3.05) is 30.3 Å². The number of nitrogens with zero attached hydrogens (tertiary/aromatic N) is 5. The second-order valence-electron chi connectivity index (χ2n) is 11.3.